The first-order valence-electron chi connectivity index (χ1n) is 4.27. The molecule has 0 spiro atoms. The molecule has 0 saturated carbocycles. The van der Waals surface area contributed by atoms with Gasteiger partial charge >= 0.3 is 0 Å². The highest BCUT2D eigenvalue weighted by Gasteiger charge is 2.05. The summed E-state index contributed by atoms with van der Waals surface area (Å²) in [6, 6.07) is 4.71. The van der Waals surface area contributed by atoms with Crippen molar-refractivity contribution in [1.82, 2.24) is 0 Å². The molecule has 1 aromatic carbocycles. The summed E-state index contributed by atoms with van der Waals surface area (Å²) in [6.07, 6.45) is -0.0124. The van der Waals surface area contributed by atoms with Crippen LogP contribution in [0.3, 0.4) is 0 Å². The van der Waals surface area contributed by atoms with Crippen molar-refractivity contribution in [2.24, 2.45) is 0 Å². The molecule has 0 fully saturated rings. The standard InChI is InChI=1S/C10H14FNO/c1-7(2)13-10-6-8(12-3)4-5-9(10)11/h4-7,12H,1-3H3. The Bertz CT molecular complexity index is 286. The van der Waals surface area contributed by atoms with Gasteiger partial charge in [0, 0.05) is 18.8 Å². The molecule has 0 atom stereocenters. The van der Waals surface area contributed by atoms with Crippen LogP contribution in [0.1, 0.15) is 13.8 Å². The highest BCUT2D eigenvalue weighted by atomic mass is 19.1. The highest BCUT2D eigenvalue weighted by molar-refractivity contribution is 5.48. The molecule has 3 heteroatoms. The van der Waals surface area contributed by atoms with Crippen molar-refractivity contribution in [3.63, 3.8) is 0 Å². The molecule has 2 nitrogen and oxygen atoms in total. The Balaban J connectivity index is 2.90. The quantitative estimate of drug-likeness (QED) is 0.777. The van der Waals surface area contributed by atoms with Crippen LogP contribution in [0.4, 0.5) is 10.1 Å². The van der Waals surface area contributed by atoms with Crippen molar-refractivity contribution >= 4 is 5.69 Å². The molecule has 1 N–H and O–H groups in total. The van der Waals surface area contributed by atoms with Gasteiger partial charge < -0.3 is 10.1 Å². The van der Waals surface area contributed by atoms with Gasteiger partial charge in [0.25, 0.3) is 0 Å². The van der Waals surface area contributed by atoms with Crippen LogP contribution >= 0.6 is 0 Å². The van der Waals surface area contributed by atoms with Crippen LogP contribution in [0.25, 0.3) is 0 Å². The normalized spacial score (nSPS) is 10.2. The summed E-state index contributed by atoms with van der Waals surface area (Å²) in [5.74, 6) is -0.0328. The number of nitrogens with one attached hydrogen (secondary N) is 1. The van der Waals surface area contributed by atoms with E-state index < -0.39 is 0 Å². The zero-order valence-corrected chi connectivity index (χ0v) is 8.10. The Hall–Kier alpha value is -1.25. The van der Waals surface area contributed by atoms with Crippen LogP contribution in [-0.4, -0.2) is 13.2 Å². The van der Waals surface area contributed by atoms with Gasteiger partial charge in [0.2, 0.25) is 0 Å². The molecule has 0 amide bonds. The molecule has 1 aromatic rings. The molecule has 0 unspecified atom stereocenters. The maximum atomic E-state index is 13.1. The van der Waals surface area contributed by atoms with Gasteiger partial charge in [-0.15, -0.1) is 0 Å². The summed E-state index contributed by atoms with van der Waals surface area (Å²) in [4.78, 5) is 0. The average molecular weight is 183 g/mol. The fourth-order valence-electron chi connectivity index (χ4n) is 1.00. The topological polar surface area (TPSA) is 21.3 Å². The fraction of sp³-hybridized carbons (Fsp3) is 0.400. The molecule has 13 heavy (non-hydrogen) atoms. The summed E-state index contributed by atoms with van der Waals surface area (Å²) in [5.41, 5.74) is 0.844. The average Bonchev–Trinajstić information content (AvgIpc) is 2.08. The summed E-state index contributed by atoms with van der Waals surface area (Å²) in [5, 5.41) is 2.92. The van der Waals surface area contributed by atoms with E-state index in [0.717, 1.165) is 5.69 Å². The van der Waals surface area contributed by atoms with E-state index in [1.165, 1.54) is 6.07 Å². The van der Waals surface area contributed by atoms with Crippen LogP contribution in [0, 0.1) is 5.82 Å². The second-order valence-corrected chi connectivity index (χ2v) is 3.06. The van der Waals surface area contributed by atoms with Gasteiger partial charge in [0.15, 0.2) is 11.6 Å². The lowest BCUT2D eigenvalue weighted by Crippen LogP contribution is -2.07. The summed E-state index contributed by atoms with van der Waals surface area (Å²) < 4.78 is 18.4. The zero-order valence-electron chi connectivity index (χ0n) is 8.10. The fourth-order valence-corrected chi connectivity index (χ4v) is 1.00. The number of hydrogen-bond acceptors (Lipinski definition) is 2. The SMILES string of the molecule is CNc1ccc(F)c(OC(C)C)c1. The lowest BCUT2D eigenvalue weighted by atomic mass is 10.3. The third-order valence-corrected chi connectivity index (χ3v) is 1.58. The molecule has 1 rings (SSSR count). The molecule has 0 aliphatic rings. The van der Waals surface area contributed by atoms with Crippen LogP contribution in [-0.2, 0) is 0 Å². The van der Waals surface area contributed by atoms with Crippen molar-refractivity contribution in [3.05, 3.63) is 24.0 Å². The van der Waals surface area contributed by atoms with E-state index in [2.05, 4.69) is 5.32 Å². The number of halogens is 1. The molecule has 0 aliphatic carbocycles. The predicted molar refractivity (Wildman–Crippen MR) is 51.7 cm³/mol. The van der Waals surface area contributed by atoms with E-state index in [4.69, 9.17) is 4.74 Å². The Kier molecular flexibility index (Phi) is 3.12. The Morgan fingerprint density at radius 1 is 1.38 bits per heavy atom. The van der Waals surface area contributed by atoms with Crippen molar-refractivity contribution in [2.75, 3.05) is 12.4 Å². The predicted octanol–water partition coefficient (Wildman–Crippen LogP) is 2.65. The molecule has 72 valence electrons. The largest absolute Gasteiger partial charge is 0.488 e. The van der Waals surface area contributed by atoms with Gasteiger partial charge in [-0.3, -0.25) is 0 Å². The molecule has 0 saturated heterocycles. The van der Waals surface area contributed by atoms with Crippen molar-refractivity contribution in [2.45, 2.75) is 20.0 Å². The Labute approximate surface area is 77.7 Å². The Morgan fingerprint density at radius 3 is 2.62 bits per heavy atom. The second-order valence-electron chi connectivity index (χ2n) is 3.06. The Morgan fingerprint density at radius 2 is 2.08 bits per heavy atom. The van der Waals surface area contributed by atoms with Gasteiger partial charge in [-0.05, 0) is 26.0 Å². The van der Waals surface area contributed by atoms with E-state index in [1.54, 1.807) is 19.2 Å². The van der Waals surface area contributed by atoms with Crippen LogP contribution < -0.4 is 10.1 Å². The van der Waals surface area contributed by atoms with E-state index >= 15 is 0 Å². The summed E-state index contributed by atoms with van der Waals surface area (Å²) in [6.45, 7) is 3.73. The number of benzene rings is 1. The van der Waals surface area contributed by atoms with Gasteiger partial charge in [-0.25, -0.2) is 4.39 Å². The second kappa shape index (κ2) is 4.12. The molecule has 0 bridgehead atoms. The van der Waals surface area contributed by atoms with E-state index in [0.29, 0.717) is 5.75 Å². The van der Waals surface area contributed by atoms with E-state index in [9.17, 15) is 4.39 Å². The molecule has 0 aliphatic heterocycles. The minimum Gasteiger partial charge on any atom is -0.488 e. The molecule has 0 heterocycles. The summed E-state index contributed by atoms with van der Waals surface area (Å²) >= 11 is 0. The first-order valence-corrected chi connectivity index (χ1v) is 4.27. The third kappa shape index (κ3) is 2.61. The van der Waals surface area contributed by atoms with Crippen LogP contribution in [0.2, 0.25) is 0 Å². The summed E-state index contributed by atoms with van der Waals surface area (Å²) in [7, 11) is 1.78. The van der Waals surface area contributed by atoms with Gasteiger partial charge in [-0.2, -0.15) is 0 Å². The highest BCUT2D eigenvalue weighted by Crippen LogP contribution is 2.22. The van der Waals surface area contributed by atoms with Gasteiger partial charge in [0.05, 0.1) is 6.10 Å². The lowest BCUT2D eigenvalue weighted by molar-refractivity contribution is 0.231. The first kappa shape index (κ1) is 9.84. The van der Waals surface area contributed by atoms with Gasteiger partial charge in [-0.1, -0.05) is 0 Å². The molecule has 0 radical (unpaired) electrons. The first-order chi connectivity index (χ1) is 6.13. The van der Waals surface area contributed by atoms with Crippen molar-refractivity contribution < 1.29 is 9.13 Å². The molecular weight excluding hydrogens is 169 g/mol. The van der Waals surface area contributed by atoms with Crippen molar-refractivity contribution in [1.29, 1.82) is 0 Å². The third-order valence-electron chi connectivity index (χ3n) is 1.58. The maximum Gasteiger partial charge on any atom is 0.165 e. The number of rotatable bonds is 3. The number of hydrogen-bond donors (Lipinski definition) is 1. The van der Waals surface area contributed by atoms with Crippen LogP contribution in [0.5, 0.6) is 5.75 Å². The molecule has 0 aromatic heterocycles. The minimum atomic E-state index is -0.326. The van der Waals surface area contributed by atoms with Gasteiger partial charge in [0.1, 0.15) is 0 Å². The smallest absolute Gasteiger partial charge is 0.165 e. The zero-order chi connectivity index (χ0) is 9.84. The number of ether oxygens (including phenoxy) is 1. The van der Waals surface area contributed by atoms with Crippen molar-refractivity contribution in [3.8, 4) is 5.75 Å². The van der Waals surface area contributed by atoms with E-state index in [1.807, 2.05) is 13.8 Å². The lowest BCUT2D eigenvalue weighted by Gasteiger charge is -2.11. The minimum absolute atomic E-state index is 0.0124. The monoisotopic (exact) mass is 183 g/mol. The van der Waals surface area contributed by atoms with Crippen LogP contribution in [0.15, 0.2) is 18.2 Å². The number of anilines is 1. The maximum absolute atomic E-state index is 13.1. The van der Waals surface area contributed by atoms with E-state index in [-0.39, 0.29) is 11.9 Å². The molecular formula is C10H14FNO.